The van der Waals surface area contributed by atoms with E-state index in [-0.39, 0.29) is 12.4 Å². The van der Waals surface area contributed by atoms with Gasteiger partial charge in [-0.05, 0) is 19.4 Å². The molecule has 0 aliphatic heterocycles. The number of aliphatic hydroxyl groups is 1. The standard InChI is InChI=1S/C19H19F11O2/c1-3-4-9-32-12-8-6-5-7-11(12)13(2,31)10-14(20)15(21,22)17(25,26)19(29,30)18(27,28)16(14,23)24/h5-8,31H,3-4,9-10H2,1-2H3. The Hall–Kier alpha value is -1.79. The summed E-state index contributed by atoms with van der Waals surface area (Å²) in [5.74, 6) is -36.1. The van der Waals surface area contributed by atoms with E-state index < -0.39 is 52.9 Å². The van der Waals surface area contributed by atoms with Gasteiger partial charge in [0.2, 0.25) is 0 Å². The van der Waals surface area contributed by atoms with Crippen molar-refractivity contribution in [1.29, 1.82) is 0 Å². The Morgan fingerprint density at radius 2 is 1.22 bits per heavy atom. The van der Waals surface area contributed by atoms with Crippen LogP contribution in [0, 0.1) is 0 Å². The highest BCUT2D eigenvalue weighted by molar-refractivity contribution is 5.39. The van der Waals surface area contributed by atoms with Gasteiger partial charge in [-0.25, -0.2) is 4.39 Å². The first-order valence-electron chi connectivity index (χ1n) is 9.29. The molecule has 13 heteroatoms. The van der Waals surface area contributed by atoms with Crippen LogP contribution < -0.4 is 4.74 Å². The molecule has 1 unspecified atom stereocenters. The molecule has 0 heterocycles. The van der Waals surface area contributed by atoms with Gasteiger partial charge in [0.15, 0.2) is 0 Å². The average Bonchev–Trinajstić information content (AvgIpc) is 2.66. The maximum absolute atomic E-state index is 15.1. The molecule has 184 valence electrons. The molecule has 1 aromatic carbocycles. The number of rotatable bonds is 7. The largest absolute Gasteiger partial charge is 0.493 e. The van der Waals surface area contributed by atoms with Crippen molar-refractivity contribution < 1.29 is 58.1 Å². The quantitative estimate of drug-likeness (QED) is 0.358. The van der Waals surface area contributed by atoms with E-state index in [1.54, 1.807) is 6.92 Å². The lowest BCUT2D eigenvalue weighted by Crippen LogP contribution is -2.84. The Balaban J connectivity index is 2.64. The Bertz CT molecular complexity index is 806. The van der Waals surface area contributed by atoms with Crippen LogP contribution in [-0.2, 0) is 5.60 Å². The normalized spacial score (nSPS) is 26.2. The molecule has 1 aromatic rings. The summed E-state index contributed by atoms with van der Waals surface area (Å²) in [5, 5.41) is 10.5. The minimum Gasteiger partial charge on any atom is -0.493 e. The molecule has 0 saturated heterocycles. The smallest absolute Gasteiger partial charge is 0.384 e. The maximum Gasteiger partial charge on any atom is 0.384 e. The highest BCUT2D eigenvalue weighted by Gasteiger charge is 3.01. The molecule has 1 atom stereocenters. The predicted octanol–water partition coefficient (Wildman–Crippen LogP) is 6.36. The van der Waals surface area contributed by atoms with Crippen molar-refractivity contribution >= 4 is 0 Å². The lowest BCUT2D eigenvalue weighted by molar-refractivity contribution is -0.488. The molecule has 1 aliphatic rings. The Kier molecular flexibility index (Phi) is 6.31. The van der Waals surface area contributed by atoms with Crippen LogP contribution in [0.25, 0.3) is 0 Å². The summed E-state index contributed by atoms with van der Waals surface area (Å²) in [6.45, 7) is 2.12. The predicted molar refractivity (Wildman–Crippen MR) is 89.6 cm³/mol. The van der Waals surface area contributed by atoms with Gasteiger partial charge in [-0.2, -0.15) is 43.9 Å². The van der Waals surface area contributed by atoms with Gasteiger partial charge < -0.3 is 9.84 Å². The summed E-state index contributed by atoms with van der Waals surface area (Å²) in [6, 6.07) is 4.35. The van der Waals surface area contributed by atoms with Crippen molar-refractivity contribution in [3.63, 3.8) is 0 Å². The van der Waals surface area contributed by atoms with Gasteiger partial charge in [0.25, 0.3) is 5.67 Å². The first kappa shape index (κ1) is 26.5. The number of unbranched alkanes of at least 4 members (excludes halogenated alkanes) is 1. The van der Waals surface area contributed by atoms with E-state index >= 15 is 4.39 Å². The zero-order chi connectivity index (χ0) is 25.0. The van der Waals surface area contributed by atoms with Crippen LogP contribution >= 0.6 is 0 Å². The van der Waals surface area contributed by atoms with Crippen molar-refractivity contribution in [2.24, 2.45) is 0 Å². The second-order valence-electron chi connectivity index (χ2n) is 7.82. The number of benzene rings is 1. The van der Waals surface area contributed by atoms with Crippen LogP contribution in [0.5, 0.6) is 5.75 Å². The van der Waals surface area contributed by atoms with Gasteiger partial charge in [0.05, 0.1) is 12.2 Å². The van der Waals surface area contributed by atoms with Crippen molar-refractivity contribution in [3.8, 4) is 5.75 Å². The van der Waals surface area contributed by atoms with Crippen LogP contribution in [0.4, 0.5) is 48.3 Å². The minimum atomic E-state index is -7.30. The summed E-state index contributed by atoms with van der Waals surface area (Å²) in [5.41, 5.74) is -10.2. The Morgan fingerprint density at radius 3 is 1.69 bits per heavy atom. The molecule has 32 heavy (non-hydrogen) atoms. The van der Waals surface area contributed by atoms with Crippen molar-refractivity contribution in [2.45, 2.75) is 74.0 Å². The first-order chi connectivity index (χ1) is 14.3. The Morgan fingerprint density at radius 1 is 0.781 bits per heavy atom. The van der Waals surface area contributed by atoms with Crippen molar-refractivity contribution in [1.82, 2.24) is 0 Å². The summed E-state index contributed by atoms with van der Waals surface area (Å²) in [6.07, 6.45) is -1.76. The minimum absolute atomic E-state index is 0.0426. The monoisotopic (exact) mass is 488 g/mol. The molecule has 1 N–H and O–H groups in total. The van der Waals surface area contributed by atoms with Gasteiger partial charge in [-0.1, -0.05) is 31.5 Å². The number of alkyl halides is 11. The number of ether oxygens (including phenoxy) is 1. The lowest BCUT2D eigenvalue weighted by Gasteiger charge is -2.53. The van der Waals surface area contributed by atoms with Crippen molar-refractivity contribution in [3.05, 3.63) is 29.8 Å². The van der Waals surface area contributed by atoms with Gasteiger partial charge in [0, 0.05) is 12.0 Å². The maximum atomic E-state index is 15.1. The molecular weight excluding hydrogens is 469 g/mol. The topological polar surface area (TPSA) is 29.5 Å². The van der Waals surface area contributed by atoms with Crippen LogP contribution in [0.2, 0.25) is 0 Å². The molecule has 1 aliphatic carbocycles. The van der Waals surface area contributed by atoms with E-state index in [1.165, 1.54) is 6.07 Å². The zero-order valence-electron chi connectivity index (χ0n) is 16.7. The molecular formula is C19H19F11O2. The third kappa shape index (κ3) is 3.25. The van der Waals surface area contributed by atoms with E-state index in [4.69, 9.17) is 4.74 Å². The molecule has 2 nitrogen and oxygen atoms in total. The van der Waals surface area contributed by atoms with Gasteiger partial charge >= 0.3 is 29.6 Å². The third-order valence-electron chi connectivity index (χ3n) is 5.38. The van der Waals surface area contributed by atoms with Gasteiger partial charge in [-0.15, -0.1) is 0 Å². The van der Waals surface area contributed by atoms with Crippen LogP contribution in [0.15, 0.2) is 24.3 Å². The fourth-order valence-electron chi connectivity index (χ4n) is 3.44. The highest BCUT2D eigenvalue weighted by Crippen LogP contribution is 2.71. The van der Waals surface area contributed by atoms with E-state index in [0.29, 0.717) is 19.8 Å². The zero-order valence-corrected chi connectivity index (χ0v) is 16.7. The first-order valence-corrected chi connectivity index (χ1v) is 9.29. The fraction of sp³-hybridized carbons (Fsp3) is 0.684. The molecule has 0 bridgehead atoms. The van der Waals surface area contributed by atoms with Crippen LogP contribution in [0.3, 0.4) is 0 Å². The number of hydrogen-bond donors (Lipinski definition) is 1. The highest BCUT2D eigenvalue weighted by atomic mass is 19.4. The number of halogens is 11. The number of hydrogen-bond acceptors (Lipinski definition) is 2. The summed E-state index contributed by atoms with van der Waals surface area (Å²) in [7, 11) is 0. The molecule has 1 saturated carbocycles. The van der Waals surface area contributed by atoms with Gasteiger partial charge in [0.1, 0.15) is 5.75 Å². The molecule has 0 amide bonds. The van der Waals surface area contributed by atoms with E-state index in [0.717, 1.165) is 18.2 Å². The lowest BCUT2D eigenvalue weighted by atomic mass is 9.67. The van der Waals surface area contributed by atoms with E-state index in [1.807, 2.05) is 0 Å². The summed E-state index contributed by atoms with van der Waals surface area (Å²) >= 11 is 0. The molecule has 0 radical (unpaired) electrons. The SMILES string of the molecule is CCCCOc1ccccc1C(C)(O)CC1(F)C(F)(F)C(F)(F)C(F)(F)C(F)(F)C1(F)F. The fourth-order valence-corrected chi connectivity index (χ4v) is 3.44. The second kappa shape index (κ2) is 7.63. The molecule has 0 aromatic heterocycles. The molecule has 2 rings (SSSR count). The van der Waals surface area contributed by atoms with Crippen molar-refractivity contribution in [2.75, 3.05) is 6.61 Å². The van der Waals surface area contributed by atoms with E-state index in [9.17, 15) is 49.0 Å². The van der Waals surface area contributed by atoms with Crippen LogP contribution in [-0.4, -0.2) is 47.0 Å². The Labute approximate surface area is 175 Å². The summed E-state index contributed by atoms with van der Waals surface area (Å²) < 4.78 is 159. The number of para-hydroxylation sites is 1. The summed E-state index contributed by atoms with van der Waals surface area (Å²) in [4.78, 5) is 0. The molecule has 0 spiro atoms. The molecule has 1 fully saturated rings. The van der Waals surface area contributed by atoms with Crippen LogP contribution in [0.1, 0.15) is 38.7 Å². The third-order valence-corrected chi connectivity index (χ3v) is 5.38. The van der Waals surface area contributed by atoms with E-state index in [2.05, 4.69) is 0 Å². The average molecular weight is 488 g/mol. The van der Waals surface area contributed by atoms with Gasteiger partial charge in [-0.3, -0.25) is 0 Å². The second-order valence-corrected chi connectivity index (χ2v) is 7.82.